The van der Waals surface area contributed by atoms with Crippen LogP contribution in [0.1, 0.15) is 74.5 Å². The van der Waals surface area contributed by atoms with Crippen LogP contribution in [0.3, 0.4) is 0 Å². The zero-order valence-corrected chi connectivity index (χ0v) is 21.6. The lowest BCUT2D eigenvalue weighted by Gasteiger charge is -2.25. The minimum Gasteiger partial charge on any atom is -0.444 e. The van der Waals surface area contributed by atoms with Crippen molar-refractivity contribution in [3.63, 3.8) is 0 Å². The van der Waals surface area contributed by atoms with E-state index < -0.39 is 58.8 Å². The molecule has 9 heteroatoms. The van der Waals surface area contributed by atoms with E-state index >= 15 is 0 Å². The predicted molar refractivity (Wildman–Crippen MR) is 130 cm³/mol. The number of halogens is 3. The topological polar surface area (TPSA) is 84.5 Å². The lowest BCUT2D eigenvalue weighted by atomic mass is 9.84. The Bertz CT molecular complexity index is 1150. The summed E-state index contributed by atoms with van der Waals surface area (Å²) in [5.74, 6) is -5.83. The number of ether oxygens (including phenoxy) is 1. The summed E-state index contributed by atoms with van der Waals surface area (Å²) in [5, 5.41) is 5.21. The molecule has 2 N–H and O–H groups in total. The average molecular weight is 507 g/mol. The predicted octanol–water partition coefficient (Wildman–Crippen LogP) is 5.36. The molecule has 0 aromatic heterocycles. The largest absolute Gasteiger partial charge is 0.444 e. The molecule has 2 amide bonds. The molecule has 0 radical (unpaired) electrons. The number of carbonyl (C=O) groups is 3. The number of amides is 2. The number of rotatable bonds is 7. The molecule has 2 aromatic rings. The van der Waals surface area contributed by atoms with Crippen LogP contribution in [0, 0.1) is 24.4 Å². The van der Waals surface area contributed by atoms with Gasteiger partial charge in [0.1, 0.15) is 11.4 Å². The average Bonchev–Trinajstić information content (AvgIpc) is 2.71. The molecule has 2 aromatic carbocycles. The number of nitrogens with one attached hydrogen (secondary N) is 2. The van der Waals surface area contributed by atoms with Crippen molar-refractivity contribution in [2.75, 3.05) is 6.54 Å². The van der Waals surface area contributed by atoms with Gasteiger partial charge in [0, 0.05) is 23.1 Å². The number of alkyl carbamates (subject to hydrolysis) is 1. The third-order valence-electron chi connectivity index (χ3n) is 5.02. The van der Waals surface area contributed by atoms with Gasteiger partial charge in [0.2, 0.25) is 0 Å². The van der Waals surface area contributed by atoms with Crippen LogP contribution in [0.15, 0.2) is 30.3 Å². The number of Topliss-reactive ketones (excluding diaryl/α,β-unsaturated/α-hetero) is 1. The zero-order valence-electron chi connectivity index (χ0n) is 21.6. The van der Waals surface area contributed by atoms with Crippen LogP contribution in [0.5, 0.6) is 0 Å². The third kappa shape index (κ3) is 8.39. The molecule has 0 bridgehead atoms. The van der Waals surface area contributed by atoms with Crippen molar-refractivity contribution >= 4 is 17.8 Å². The van der Waals surface area contributed by atoms with E-state index in [1.807, 2.05) is 0 Å². The number of aryl methyl sites for hydroxylation is 1. The first kappa shape index (κ1) is 28.9. The molecule has 0 heterocycles. The smallest absolute Gasteiger partial charge is 0.408 e. The summed E-state index contributed by atoms with van der Waals surface area (Å²) < 4.78 is 47.1. The summed E-state index contributed by atoms with van der Waals surface area (Å²) in [6, 6.07) is 5.96. The summed E-state index contributed by atoms with van der Waals surface area (Å²) in [7, 11) is 0. The first-order valence-corrected chi connectivity index (χ1v) is 11.5. The van der Waals surface area contributed by atoms with Crippen molar-refractivity contribution in [3.8, 4) is 0 Å². The summed E-state index contributed by atoms with van der Waals surface area (Å²) in [4.78, 5) is 38.5. The van der Waals surface area contributed by atoms with Crippen LogP contribution in [-0.2, 0) is 16.0 Å². The highest BCUT2D eigenvalue weighted by Crippen LogP contribution is 2.29. The van der Waals surface area contributed by atoms with Crippen molar-refractivity contribution in [2.24, 2.45) is 0 Å². The molecular formula is C27H33F3N2O4. The third-order valence-corrected chi connectivity index (χ3v) is 5.02. The molecule has 2 rings (SSSR count). The molecule has 0 fully saturated rings. The van der Waals surface area contributed by atoms with E-state index in [4.69, 9.17) is 4.74 Å². The molecular weight excluding hydrogens is 473 g/mol. The standard InChI is InChI=1S/C27H33F3N2O4/c1-15-8-9-17(24(34)32-26(2,3)4)18(10-15)19(11-16-12-21(29)22(30)13-20(16)28)23(33)14-31-25(35)36-27(5,6)7/h8-10,12-13,19H,11,14H2,1-7H3,(H,31,35)(H,32,34)/t19-/m1/s1. The Labute approximate surface area is 209 Å². The molecule has 0 aliphatic carbocycles. The molecule has 0 unspecified atom stereocenters. The second kappa shape index (κ2) is 11.1. The minimum absolute atomic E-state index is 0.175. The highest BCUT2D eigenvalue weighted by Gasteiger charge is 2.29. The van der Waals surface area contributed by atoms with E-state index in [1.54, 1.807) is 66.7 Å². The van der Waals surface area contributed by atoms with Gasteiger partial charge in [-0.3, -0.25) is 9.59 Å². The van der Waals surface area contributed by atoms with Gasteiger partial charge in [-0.25, -0.2) is 18.0 Å². The summed E-state index contributed by atoms with van der Waals surface area (Å²) >= 11 is 0. The maximum Gasteiger partial charge on any atom is 0.408 e. The Morgan fingerprint density at radius 3 is 2.11 bits per heavy atom. The van der Waals surface area contributed by atoms with E-state index in [1.165, 1.54) is 0 Å². The summed E-state index contributed by atoms with van der Waals surface area (Å²) in [6.07, 6.45) is -1.19. The molecule has 0 spiro atoms. The minimum atomic E-state index is -1.36. The number of hydrogen-bond donors (Lipinski definition) is 2. The first-order valence-electron chi connectivity index (χ1n) is 11.5. The van der Waals surface area contributed by atoms with Crippen LogP contribution < -0.4 is 10.6 Å². The van der Waals surface area contributed by atoms with Crippen LogP contribution in [-0.4, -0.2) is 35.5 Å². The Morgan fingerprint density at radius 1 is 0.917 bits per heavy atom. The number of ketones is 1. The molecule has 0 aliphatic heterocycles. The van der Waals surface area contributed by atoms with Crippen molar-refractivity contribution < 1.29 is 32.3 Å². The van der Waals surface area contributed by atoms with Crippen molar-refractivity contribution in [1.82, 2.24) is 10.6 Å². The highest BCUT2D eigenvalue weighted by molar-refractivity contribution is 5.99. The first-order chi connectivity index (χ1) is 16.5. The molecule has 196 valence electrons. The maximum absolute atomic E-state index is 14.5. The van der Waals surface area contributed by atoms with Gasteiger partial charge >= 0.3 is 6.09 Å². The Balaban J connectivity index is 2.51. The second-order valence-corrected chi connectivity index (χ2v) is 10.7. The Morgan fingerprint density at radius 2 is 1.53 bits per heavy atom. The number of hydrogen-bond acceptors (Lipinski definition) is 4. The summed E-state index contributed by atoms with van der Waals surface area (Å²) in [6.45, 7) is 11.6. The monoisotopic (exact) mass is 506 g/mol. The zero-order chi connectivity index (χ0) is 27.4. The molecule has 1 atom stereocenters. The van der Waals surface area contributed by atoms with Crippen LogP contribution in [0.2, 0.25) is 0 Å². The van der Waals surface area contributed by atoms with Crippen LogP contribution >= 0.6 is 0 Å². The summed E-state index contributed by atoms with van der Waals surface area (Å²) in [5.41, 5.74) is -0.445. The van der Waals surface area contributed by atoms with Gasteiger partial charge in [0.05, 0.1) is 6.54 Å². The fourth-order valence-electron chi connectivity index (χ4n) is 3.52. The van der Waals surface area contributed by atoms with Gasteiger partial charge in [-0.1, -0.05) is 17.7 Å². The Kier molecular flexibility index (Phi) is 8.93. The van der Waals surface area contributed by atoms with Gasteiger partial charge in [-0.05, 0) is 78.1 Å². The van der Waals surface area contributed by atoms with Gasteiger partial charge in [-0.15, -0.1) is 0 Å². The fraction of sp³-hybridized carbons (Fsp3) is 0.444. The van der Waals surface area contributed by atoms with Crippen molar-refractivity contribution in [1.29, 1.82) is 0 Å². The van der Waals surface area contributed by atoms with E-state index in [2.05, 4.69) is 10.6 Å². The van der Waals surface area contributed by atoms with Gasteiger partial charge in [0.15, 0.2) is 17.4 Å². The SMILES string of the molecule is Cc1ccc(C(=O)NC(C)(C)C)c([C@@H](Cc2cc(F)c(F)cc2F)C(=O)CNC(=O)OC(C)(C)C)c1. The quantitative estimate of drug-likeness (QED) is 0.495. The van der Waals surface area contributed by atoms with E-state index in [0.717, 1.165) is 5.56 Å². The normalized spacial score (nSPS) is 12.6. The van der Waals surface area contributed by atoms with Gasteiger partial charge < -0.3 is 15.4 Å². The lowest BCUT2D eigenvalue weighted by molar-refractivity contribution is -0.119. The fourth-order valence-corrected chi connectivity index (χ4v) is 3.52. The lowest BCUT2D eigenvalue weighted by Crippen LogP contribution is -2.41. The number of benzene rings is 2. The van der Waals surface area contributed by atoms with E-state index in [0.29, 0.717) is 12.1 Å². The maximum atomic E-state index is 14.5. The molecule has 0 saturated carbocycles. The van der Waals surface area contributed by atoms with Crippen molar-refractivity contribution in [3.05, 3.63) is 70.0 Å². The molecule has 0 aliphatic rings. The van der Waals surface area contributed by atoms with Crippen LogP contribution in [0.4, 0.5) is 18.0 Å². The highest BCUT2D eigenvalue weighted by atomic mass is 19.2. The molecule has 36 heavy (non-hydrogen) atoms. The number of carbonyl (C=O) groups excluding carboxylic acids is 3. The second-order valence-electron chi connectivity index (χ2n) is 10.7. The van der Waals surface area contributed by atoms with E-state index in [-0.39, 0.29) is 23.1 Å². The van der Waals surface area contributed by atoms with Crippen molar-refractivity contribution in [2.45, 2.75) is 71.9 Å². The van der Waals surface area contributed by atoms with Crippen LogP contribution in [0.25, 0.3) is 0 Å². The van der Waals surface area contributed by atoms with Gasteiger partial charge in [0.25, 0.3) is 5.91 Å². The molecule has 6 nitrogen and oxygen atoms in total. The van der Waals surface area contributed by atoms with Gasteiger partial charge in [-0.2, -0.15) is 0 Å². The Hall–Kier alpha value is -3.36. The van der Waals surface area contributed by atoms with E-state index in [9.17, 15) is 27.6 Å². The molecule has 0 saturated heterocycles.